The van der Waals surface area contributed by atoms with E-state index in [4.69, 9.17) is 18.9 Å². The lowest BCUT2D eigenvalue weighted by atomic mass is 9.38. The van der Waals surface area contributed by atoms with E-state index in [0.717, 1.165) is 18.8 Å². The minimum atomic E-state index is -0.995. The normalized spacial score (nSPS) is 54.2. The summed E-state index contributed by atoms with van der Waals surface area (Å²) in [6.45, 7) is 11.5. The molecule has 6 fully saturated rings. The molecule has 3 saturated heterocycles. The van der Waals surface area contributed by atoms with Crippen LogP contribution in [0.5, 0.6) is 0 Å². The summed E-state index contributed by atoms with van der Waals surface area (Å²) in [6.07, 6.45) is 7.84. The summed E-state index contributed by atoms with van der Waals surface area (Å²) in [4.78, 5) is 24.4. The number of carbonyl (C=O) groups excluding carboxylic acids is 2. The fourth-order valence-corrected chi connectivity index (χ4v) is 10.1. The highest BCUT2D eigenvalue weighted by atomic mass is 16.8. The number of carbonyl (C=O) groups is 2. The minimum absolute atomic E-state index is 0.0969. The lowest BCUT2D eigenvalue weighted by Gasteiger charge is -2.67. The molecule has 3 heterocycles. The summed E-state index contributed by atoms with van der Waals surface area (Å²) in [5, 5.41) is 0. The third-order valence-corrected chi connectivity index (χ3v) is 11.3. The Kier molecular flexibility index (Phi) is 4.71. The van der Waals surface area contributed by atoms with Gasteiger partial charge in [-0.3, -0.25) is 9.59 Å². The molecule has 2 bridgehead atoms. The number of esters is 2. The second-order valence-electron chi connectivity index (χ2n) is 13.3. The van der Waals surface area contributed by atoms with Crippen molar-refractivity contribution in [3.05, 3.63) is 0 Å². The molecular weight excluding hydrogens is 420 g/mol. The van der Waals surface area contributed by atoms with Crippen LogP contribution in [0.4, 0.5) is 0 Å². The van der Waals surface area contributed by atoms with Crippen molar-refractivity contribution >= 4 is 11.9 Å². The van der Waals surface area contributed by atoms with Gasteiger partial charge in [-0.05, 0) is 78.9 Å². The van der Waals surface area contributed by atoms with Crippen molar-refractivity contribution in [2.24, 2.45) is 39.9 Å². The van der Waals surface area contributed by atoms with Crippen molar-refractivity contribution in [1.82, 2.24) is 0 Å². The lowest BCUT2D eigenvalue weighted by Crippen LogP contribution is -2.60. The summed E-state index contributed by atoms with van der Waals surface area (Å²) in [5.74, 6) is 1.32. The van der Waals surface area contributed by atoms with Gasteiger partial charge in [-0.25, -0.2) is 0 Å². The highest BCUT2D eigenvalue weighted by molar-refractivity contribution is 5.74. The number of ether oxygens (including phenoxy) is 4. The molecule has 6 heteroatoms. The fourth-order valence-electron chi connectivity index (χ4n) is 10.1. The quantitative estimate of drug-likeness (QED) is 0.514. The summed E-state index contributed by atoms with van der Waals surface area (Å²) in [7, 11) is 0. The Morgan fingerprint density at radius 2 is 1.79 bits per heavy atom. The Bertz CT molecular complexity index is 869. The maximum Gasteiger partial charge on any atom is 0.311 e. The maximum atomic E-state index is 12.2. The van der Waals surface area contributed by atoms with E-state index in [-0.39, 0.29) is 36.0 Å². The molecule has 33 heavy (non-hydrogen) atoms. The Morgan fingerprint density at radius 3 is 2.55 bits per heavy atom. The SMILES string of the molecule is CC(=O)O[C@@H]1C[C@@H]2[C@H](CC[C@H]3[C@@]2(C)CC[C@@H]2C(C)(C)CCC[C@]32C)[C@@H]2O[C@H]3OC(=O)C[C@@]31O2. The molecule has 0 N–H and O–H groups in total. The Balaban J connectivity index is 1.39. The lowest BCUT2D eigenvalue weighted by molar-refractivity contribution is -0.222. The molecule has 0 aromatic rings. The monoisotopic (exact) mass is 460 g/mol. The zero-order chi connectivity index (χ0) is 23.4. The summed E-state index contributed by atoms with van der Waals surface area (Å²) < 4.78 is 24.2. The van der Waals surface area contributed by atoms with Crippen molar-refractivity contribution in [2.75, 3.05) is 0 Å². The zero-order valence-electron chi connectivity index (χ0n) is 20.9. The molecule has 0 aromatic heterocycles. The Morgan fingerprint density at radius 1 is 1.00 bits per heavy atom. The van der Waals surface area contributed by atoms with Crippen LogP contribution in [0.15, 0.2) is 0 Å². The largest absolute Gasteiger partial charge is 0.459 e. The van der Waals surface area contributed by atoms with Crippen molar-refractivity contribution < 1.29 is 28.5 Å². The first-order chi connectivity index (χ1) is 15.5. The van der Waals surface area contributed by atoms with Gasteiger partial charge in [-0.15, -0.1) is 0 Å². The van der Waals surface area contributed by atoms with Gasteiger partial charge in [0.2, 0.25) is 6.29 Å². The standard InChI is InChI=1S/C27H40O6/c1-15(28)30-20-13-17-16(22-32-23-27(20,33-22)14-21(29)31-23)7-8-19-25(17,4)12-9-18-24(2,3)10-6-11-26(18,19)5/h16-20,22-23H,6-14H2,1-5H3/t16-,17+,18+,19-,20+,22+,23+,25-,26-,27-/m0/s1. The van der Waals surface area contributed by atoms with Gasteiger partial charge in [0.05, 0.1) is 6.42 Å². The molecule has 6 rings (SSSR count). The average Bonchev–Trinajstić information content (AvgIpc) is 3.15. The first-order valence-electron chi connectivity index (χ1n) is 13.2. The van der Waals surface area contributed by atoms with Crippen molar-refractivity contribution in [3.63, 3.8) is 0 Å². The third-order valence-electron chi connectivity index (χ3n) is 11.3. The van der Waals surface area contributed by atoms with Gasteiger partial charge in [0.1, 0.15) is 6.10 Å². The third kappa shape index (κ3) is 2.92. The van der Waals surface area contributed by atoms with E-state index in [9.17, 15) is 9.59 Å². The molecule has 6 nitrogen and oxygen atoms in total. The van der Waals surface area contributed by atoms with Gasteiger partial charge in [0, 0.05) is 12.8 Å². The molecule has 3 aliphatic carbocycles. The fraction of sp³-hybridized carbons (Fsp3) is 0.926. The Hall–Kier alpha value is -1.14. The highest BCUT2D eigenvalue weighted by Crippen LogP contribution is 2.71. The highest BCUT2D eigenvalue weighted by Gasteiger charge is 2.71. The molecule has 184 valence electrons. The van der Waals surface area contributed by atoms with Crippen LogP contribution in [-0.4, -0.2) is 36.2 Å². The molecule has 3 aliphatic heterocycles. The van der Waals surface area contributed by atoms with Crippen LogP contribution in [0.1, 0.15) is 92.4 Å². The molecule has 0 amide bonds. The molecule has 10 atom stereocenters. The number of hydrogen-bond acceptors (Lipinski definition) is 6. The van der Waals surface area contributed by atoms with Gasteiger partial charge >= 0.3 is 11.9 Å². The van der Waals surface area contributed by atoms with Crippen molar-refractivity contribution in [3.8, 4) is 0 Å². The molecular formula is C27H40O6. The van der Waals surface area contributed by atoms with Crippen LogP contribution < -0.4 is 0 Å². The van der Waals surface area contributed by atoms with E-state index in [1.54, 1.807) is 0 Å². The van der Waals surface area contributed by atoms with Crippen LogP contribution in [0.3, 0.4) is 0 Å². The smallest absolute Gasteiger partial charge is 0.311 e. The average molecular weight is 461 g/mol. The van der Waals surface area contributed by atoms with Crippen molar-refractivity contribution in [1.29, 1.82) is 0 Å². The van der Waals surface area contributed by atoms with E-state index in [0.29, 0.717) is 22.7 Å². The van der Waals surface area contributed by atoms with Crippen LogP contribution in [0.2, 0.25) is 0 Å². The number of hydrogen-bond donors (Lipinski definition) is 0. The molecule has 3 saturated carbocycles. The van der Waals surface area contributed by atoms with Gasteiger partial charge in [0.25, 0.3) is 0 Å². The predicted octanol–water partition coefficient (Wildman–Crippen LogP) is 4.98. The topological polar surface area (TPSA) is 71.1 Å². The maximum absolute atomic E-state index is 12.2. The second kappa shape index (κ2) is 6.96. The van der Waals surface area contributed by atoms with Gasteiger partial charge < -0.3 is 18.9 Å². The molecule has 0 unspecified atom stereocenters. The van der Waals surface area contributed by atoms with Crippen LogP contribution in [-0.2, 0) is 28.5 Å². The van der Waals surface area contributed by atoms with E-state index in [1.165, 1.54) is 45.4 Å². The molecule has 6 aliphatic rings. The molecule has 1 spiro atoms. The van der Waals surface area contributed by atoms with Gasteiger partial charge in [0.15, 0.2) is 11.9 Å². The second-order valence-corrected chi connectivity index (χ2v) is 13.3. The van der Waals surface area contributed by atoms with Crippen LogP contribution in [0, 0.1) is 39.9 Å². The van der Waals surface area contributed by atoms with Crippen LogP contribution >= 0.6 is 0 Å². The van der Waals surface area contributed by atoms with Gasteiger partial charge in [-0.1, -0.05) is 34.1 Å². The predicted molar refractivity (Wildman–Crippen MR) is 120 cm³/mol. The zero-order valence-corrected chi connectivity index (χ0v) is 20.9. The van der Waals surface area contributed by atoms with E-state index in [1.807, 2.05) is 0 Å². The van der Waals surface area contributed by atoms with E-state index in [2.05, 4.69) is 27.7 Å². The summed E-state index contributed by atoms with van der Waals surface area (Å²) in [5.41, 5.74) is -0.109. The van der Waals surface area contributed by atoms with Crippen molar-refractivity contribution in [2.45, 2.75) is 117 Å². The first-order valence-corrected chi connectivity index (χ1v) is 13.2. The van der Waals surface area contributed by atoms with E-state index < -0.39 is 18.0 Å². The first kappa shape index (κ1) is 22.3. The summed E-state index contributed by atoms with van der Waals surface area (Å²) >= 11 is 0. The molecule has 0 aromatic carbocycles. The number of rotatable bonds is 1. The minimum Gasteiger partial charge on any atom is -0.459 e. The molecule has 0 radical (unpaired) electrons. The summed E-state index contributed by atoms with van der Waals surface area (Å²) in [6, 6.07) is 0. The van der Waals surface area contributed by atoms with Crippen LogP contribution in [0.25, 0.3) is 0 Å². The Labute approximate surface area is 197 Å². The van der Waals surface area contributed by atoms with E-state index >= 15 is 0 Å². The van der Waals surface area contributed by atoms with Gasteiger partial charge in [-0.2, -0.15) is 0 Å². The number of fused-ring (bicyclic) bond motifs is 7.